The Morgan fingerprint density at radius 1 is 1.14 bits per heavy atom. The fourth-order valence-electron chi connectivity index (χ4n) is 2.24. The van der Waals surface area contributed by atoms with Crippen molar-refractivity contribution in [2.45, 2.75) is 6.54 Å². The van der Waals surface area contributed by atoms with Crippen LogP contribution < -0.4 is 5.56 Å². The molecule has 0 aliphatic rings. The van der Waals surface area contributed by atoms with E-state index >= 15 is 0 Å². The van der Waals surface area contributed by atoms with Gasteiger partial charge in [-0.2, -0.15) is 0 Å². The number of rotatable bonds is 3. The summed E-state index contributed by atoms with van der Waals surface area (Å²) in [4.78, 5) is 27.3. The molecule has 0 spiro atoms. The molecule has 0 saturated heterocycles. The van der Waals surface area contributed by atoms with Gasteiger partial charge in [-0.15, -0.1) is 4.91 Å². The second-order valence-electron chi connectivity index (χ2n) is 4.54. The van der Waals surface area contributed by atoms with Gasteiger partial charge in [-0.25, -0.2) is 4.98 Å². The van der Waals surface area contributed by atoms with E-state index in [4.69, 9.17) is 0 Å². The van der Waals surface area contributed by atoms with Gasteiger partial charge in [-0.3, -0.25) is 9.36 Å². The van der Waals surface area contributed by atoms with Gasteiger partial charge in [-0.1, -0.05) is 30.3 Å². The standard InChI is InChI=1S/C15H11N3O3/c19-13-11-7-4-8-16-14(11)18(15(20)12(13)17-21)9-10-5-2-1-3-6-10/h1-8,19H,9H2. The highest BCUT2D eigenvalue weighted by Crippen LogP contribution is 2.30. The maximum Gasteiger partial charge on any atom is 0.285 e. The van der Waals surface area contributed by atoms with E-state index < -0.39 is 17.0 Å². The predicted molar refractivity (Wildman–Crippen MR) is 78.7 cm³/mol. The van der Waals surface area contributed by atoms with Crippen LogP contribution in [0.3, 0.4) is 0 Å². The van der Waals surface area contributed by atoms with E-state index in [1.807, 2.05) is 30.3 Å². The molecule has 104 valence electrons. The van der Waals surface area contributed by atoms with Crippen LogP contribution in [-0.2, 0) is 6.54 Å². The minimum atomic E-state index is -0.655. The number of aromatic hydroxyl groups is 1. The van der Waals surface area contributed by atoms with E-state index in [-0.39, 0.29) is 6.54 Å². The Hall–Kier alpha value is -3.02. The Morgan fingerprint density at radius 3 is 2.62 bits per heavy atom. The average molecular weight is 281 g/mol. The summed E-state index contributed by atoms with van der Waals surface area (Å²) in [6, 6.07) is 12.5. The SMILES string of the molecule is O=Nc1c(O)c2cccnc2n(Cc2ccccc2)c1=O. The maximum absolute atomic E-state index is 12.3. The zero-order valence-electron chi connectivity index (χ0n) is 10.9. The zero-order chi connectivity index (χ0) is 14.8. The van der Waals surface area contributed by atoms with E-state index in [1.165, 1.54) is 10.8 Å². The molecule has 6 heteroatoms. The molecule has 21 heavy (non-hydrogen) atoms. The lowest BCUT2D eigenvalue weighted by Crippen LogP contribution is -2.21. The Kier molecular flexibility index (Phi) is 3.19. The minimum Gasteiger partial charge on any atom is -0.505 e. The number of hydrogen-bond acceptors (Lipinski definition) is 5. The third-order valence-electron chi connectivity index (χ3n) is 3.24. The fourth-order valence-corrected chi connectivity index (χ4v) is 2.24. The number of nitroso groups, excluding NO2 is 1. The van der Waals surface area contributed by atoms with Crippen LogP contribution in [0.1, 0.15) is 5.56 Å². The van der Waals surface area contributed by atoms with Gasteiger partial charge in [-0.05, 0) is 22.9 Å². The van der Waals surface area contributed by atoms with Crippen molar-refractivity contribution in [2.24, 2.45) is 5.18 Å². The molecule has 6 nitrogen and oxygen atoms in total. The summed E-state index contributed by atoms with van der Waals surface area (Å²) in [6.07, 6.45) is 1.52. The Balaban J connectivity index is 2.31. The van der Waals surface area contributed by atoms with Crippen LogP contribution in [0.25, 0.3) is 11.0 Å². The third-order valence-corrected chi connectivity index (χ3v) is 3.24. The van der Waals surface area contributed by atoms with E-state index in [0.29, 0.717) is 11.0 Å². The zero-order valence-corrected chi connectivity index (χ0v) is 10.9. The molecule has 3 rings (SSSR count). The van der Waals surface area contributed by atoms with Gasteiger partial charge in [0.05, 0.1) is 11.9 Å². The molecule has 0 aliphatic heterocycles. The second-order valence-corrected chi connectivity index (χ2v) is 4.54. The lowest BCUT2D eigenvalue weighted by atomic mass is 10.2. The van der Waals surface area contributed by atoms with Crippen molar-refractivity contribution >= 4 is 16.7 Å². The molecule has 0 fully saturated rings. The molecule has 1 N–H and O–H groups in total. The normalized spacial score (nSPS) is 10.7. The van der Waals surface area contributed by atoms with Gasteiger partial charge in [0.2, 0.25) is 5.69 Å². The van der Waals surface area contributed by atoms with Gasteiger partial charge in [0.1, 0.15) is 5.65 Å². The van der Waals surface area contributed by atoms with Crippen molar-refractivity contribution in [1.82, 2.24) is 9.55 Å². The van der Waals surface area contributed by atoms with Crippen LogP contribution in [0.15, 0.2) is 58.6 Å². The van der Waals surface area contributed by atoms with Gasteiger partial charge in [0.15, 0.2) is 5.75 Å². The van der Waals surface area contributed by atoms with Crippen molar-refractivity contribution in [1.29, 1.82) is 0 Å². The van der Waals surface area contributed by atoms with Crippen LogP contribution in [0.2, 0.25) is 0 Å². The highest BCUT2D eigenvalue weighted by molar-refractivity contribution is 5.86. The van der Waals surface area contributed by atoms with Crippen molar-refractivity contribution in [3.05, 3.63) is 69.5 Å². The second kappa shape index (κ2) is 5.16. The van der Waals surface area contributed by atoms with Crippen LogP contribution in [0.4, 0.5) is 5.69 Å². The summed E-state index contributed by atoms with van der Waals surface area (Å²) >= 11 is 0. The third kappa shape index (κ3) is 2.16. The fraction of sp³-hybridized carbons (Fsp3) is 0.0667. The molecule has 0 bridgehead atoms. The van der Waals surface area contributed by atoms with Gasteiger partial charge in [0, 0.05) is 6.20 Å². The summed E-state index contributed by atoms with van der Waals surface area (Å²) in [5.41, 5.74) is 0.0503. The first kappa shape index (κ1) is 13.0. The Bertz CT molecular complexity index is 872. The first-order valence-electron chi connectivity index (χ1n) is 6.30. The largest absolute Gasteiger partial charge is 0.505 e. The van der Waals surface area contributed by atoms with Crippen molar-refractivity contribution < 1.29 is 5.11 Å². The maximum atomic E-state index is 12.3. The Morgan fingerprint density at radius 2 is 1.90 bits per heavy atom. The first-order chi connectivity index (χ1) is 10.2. The number of fused-ring (bicyclic) bond motifs is 1. The number of nitrogens with zero attached hydrogens (tertiary/aromatic N) is 3. The molecule has 1 aromatic carbocycles. The molecular weight excluding hydrogens is 270 g/mol. The molecule has 0 saturated carbocycles. The van der Waals surface area contributed by atoms with Crippen LogP contribution in [0, 0.1) is 4.91 Å². The van der Waals surface area contributed by atoms with Gasteiger partial charge >= 0.3 is 0 Å². The van der Waals surface area contributed by atoms with Crippen molar-refractivity contribution in [3.8, 4) is 5.75 Å². The minimum absolute atomic E-state index is 0.246. The molecular formula is C15H11N3O3. The monoisotopic (exact) mass is 281 g/mol. The lowest BCUT2D eigenvalue weighted by Gasteiger charge is -2.11. The first-order valence-corrected chi connectivity index (χ1v) is 6.30. The molecule has 2 heterocycles. The summed E-state index contributed by atoms with van der Waals surface area (Å²) in [5, 5.41) is 13.0. The summed E-state index contributed by atoms with van der Waals surface area (Å²) < 4.78 is 1.33. The number of pyridine rings is 2. The van der Waals surface area contributed by atoms with Crippen LogP contribution in [0.5, 0.6) is 5.75 Å². The smallest absolute Gasteiger partial charge is 0.285 e. The predicted octanol–water partition coefficient (Wildman–Crippen LogP) is 2.55. The topological polar surface area (TPSA) is 84.5 Å². The highest BCUT2D eigenvalue weighted by atomic mass is 16.3. The molecule has 0 unspecified atom stereocenters. The van der Waals surface area contributed by atoms with E-state index in [9.17, 15) is 14.8 Å². The number of hydrogen-bond donors (Lipinski definition) is 1. The van der Waals surface area contributed by atoms with E-state index in [1.54, 1.807) is 12.1 Å². The van der Waals surface area contributed by atoms with Gasteiger partial charge < -0.3 is 5.11 Å². The summed E-state index contributed by atoms with van der Waals surface area (Å²) in [6.45, 7) is 0.246. The quantitative estimate of drug-likeness (QED) is 0.748. The summed E-state index contributed by atoms with van der Waals surface area (Å²) in [7, 11) is 0. The molecule has 0 amide bonds. The van der Waals surface area contributed by atoms with E-state index in [0.717, 1.165) is 5.56 Å². The molecule has 3 aromatic rings. The van der Waals surface area contributed by atoms with Crippen LogP contribution >= 0.6 is 0 Å². The lowest BCUT2D eigenvalue weighted by molar-refractivity contribution is 0.480. The highest BCUT2D eigenvalue weighted by Gasteiger charge is 2.17. The van der Waals surface area contributed by atoms with Crippen molar-refractivity contribution in [2.75, 3.05) is 0 Å². The van der Waals surface area contributed by atoms with Gasteiger partial charge in [0.25, 0.3) is 5.56 Å². The van der Waals surface area contributed by atoms with E-state index in [2.05, 4.69) is 10.2 Å². The molecule has 0 radical (unpaired) electrons. The Labute approximate surface area is 119 Å². The average Bonchev–Trinajstić information content (AvgIpc) is 2.53. The number of benzene rings is 1. The summed E-state index contributed by atoms with van der Waals surface area (Å²) in [5.74, 6) is -0.428. The molecule has 0 aliphatic carbocycles. The number of aromatic nitrogens is 2. The molecule has 2 aromatic heterocycles. The molecule has 0 atom stereocenters. The van der Waals surface area contributed by atoms with Crippen molar-refractivity contribution in [3.63, 3.8) is 0 Å². The van der Waals surface area contributed by atoms with Crippen LogP contribution in [-0.4, -0.2) is 14.7 Å².